The van der Waals surface area contributed by atoms with Crippen LogP contribution in [0.4, 0.5) is 5.82 Å². The molecule has 16 heavy (non-hydrogen) atoms. The monoisotopic (exact) mass is 236 g/mol. The zero-order valence-corrected chi connectivity index (χ0v) is 10.2. The molecule has 1 heterocycles. The topological polar surface area (TPSA) is 55.0 Å². The van der Waals surface area contributed by atoms with Crippen molar-refractivity contribution in [2.24, 2.45) is 5.73 Å². The van der Waals surface area contributed by atoms with Gasteiger partial charge in [0.2, 0.25) is 0 Å². The van der Waals surface area contributed by atoms with Gasteiger partial charge in [0, 0.05) is 25.2 Å². The summed E-state index contributed by atoms with van der Waals surface area (Å²) in [6.07, 6.45) is 5.02. The lowest BCUT2D eigenvalue weighted by Gasteiger charge is -2.23. The quantitative estimate of drug-likeness (QED) is 0.784. The number of aryl methyl sites for hydroxylation is 1. The minimum atomic E-state index is 0.566. The fraction of sp³-hybridized carbons (Fsp3) is 0.545. The number of nitrogens with zero attached hydrogens (tertiary/aromatic N) is 3. The van der Waals surface area contributed by atoms with Gasteiger partial charge in [-0.25, -0.2) is 9.97 Å². The largest absolute Gasteiger partial charge is 0.393 e. The van der Waals surface area contributed by atoms with E-state index in [1.165, 1.54) is 12.8 Å². The zero-order chi connectivity index (χ0) is 11.5. The molecule has 1 aromatic heterocycles. The second kappa shape index (κ2) is 4.74. The minimum absolute atomic E-state index is 0.566. The summed E-state index contributed by atoms with van der Waals surface area (Å²) in [5.74, 6) is 1.80. The summed E-state index contributed by atoms with van der Waals surface area (Å²) >= 11 is 4.91. The van der Waals surface area contributed by atoms with Gasteiger partial charge in [-0.2, -0.15) is 0 Å². The maximum atomic E-state index is 5.54. The summed E-state index contributed by atoms with van der Waals surface area (Å²) in [5, 5.41) is 0. The summed E-state index contributed by atoms with van der Waals surface area (Å²) in [6, 6.07) is 2.56. The van der Waals surface area contributed by atoms with Crippen LogP contribution >= 0.6 is 12.2 Å². The van der Waals surface area contributed by atoms with Crippen LogP contribution in [0.2, 0.25) is 0 Å². The van der Waals surface area contributed by atoms with Gasteiger partial charge >= 0.3 is 0 Å². The molecule has 86 valence electrons. The molecule has 0 aliphatic heterocycles. The van der Waals surface area contributed by atoms with Crippen molar-refractivity contribution in [3.05, 3.63) is 18.1 Å². The smallest absolute Gasteiger partial charge is 0.132 e. The predicted molar refractivity (Wildman–Crippen MR) is 68.5 cm³/mol. The second-order valence-corrected chi connectivity index (χ2v) is 4.63. The lowest BCUT2D eigenvalue weighted by molar-refractivity contribution is 0.778. The normalized spacial score (nSPS) is 14.8. The number of aromatic nitrogens is 2. The van der Waals surface area contributed by atoms with Gasteiger partial charge in [0.1, 0.15) is 11.6 Å². The molecule has 0 amide bonds. The Labute approximate surface area is 101 Å². The van der Waals surface area contributed by atoms with Gasteiger partial charge in [-0.1, -0.05) is 12.2 Å². The van der Waals surface area contributed by atoms with Crippen LogP contribution in [0.1, 0.15) is 25.1 Å². The van der Waals surface area contributed by atoms with E-state index in [1.54, 1.807) is 6.20 Å². The van der Waals surface area contributed by atoms with E-state index in [-0.39, 0.29) is 0 Å². The molecule has 0 saturated heterocycles. The third-order valence-corrected chi connectivity index (χ3v) is 2.85. The Morgan fingerprint density at radius 1 is 1.62 bits per heavy atom. The Bertz CT molecular complexity index is 389. The van der Waals surface area contributed by atoms with E-state index in [1.807, 2.05) is 13.0 Å². The number of hydrogen-bond acceptors (Lipinski definition) is 4. The van der Waals surface area contributed by atoms with E-state index in [0.717, 1.165) is 24.6 Å². The molecule has 0 aromatic carbocycles. The van der Waals surface area contributed by atoms with Gasteiger partial charge in [-0.3, -0.25) is 0 Å². The highest BCUT2D eigenvalue weighted by Crippen LogP contribution is 2.30. The number of nitrogens with two attached hydrogens (primary N) is 1. The van der Waals surface area contributed by atoms with Crippen molar-refractivity contribution in [1.82, 2.24) is 9.97 Å². The molecular weight excluding hydrogens is 220 g/mol. The van der Waals surface area contributed by atoms with Gasteiger partial charge in [0.15, 0.2) is 0 Å². The van der Waals surface area contributed by atoms with Crippen molar-refractivity contribution in [2.45, 2.75) is 32.2 Å². The fourth-order valence-corrected chi connectivity index (χ4v) is 1.80. The Hall–Kier alpha value is -1.23. The first-order valence-electron chi connectivity index (χ1n) is 5.51. The summed E-state index contributed by atoms with van der Waals surface area (Å²) in [7, 11) is 0. The third-order valence-electron chi connectivity index (χ3n) is 2.64. The molecule has 0 unspecified atom stereocenters. The Morgan fingerprint density at radius 3 is 2.94 bits per heavy atom. The van der Waals surface area contributed by atoms with Crippen molar-refractivity contribution < 1.29 is 0 Å². The number of hydrogen-bond donors (Lipinski definition) is 1. The Morgan fingerprint density at radius 2 is 2.38 bits per heavy atom. The molecule has 2 N–H and O–H groups in total. The molecule has 4 nitrogen and oxygen atoms in total. The van der Waals surface area contributed by atoms with Crippen LogP contribution in [0.3, 0.4) is 0 Å². The summed E-state index contributed by atoms with van der Waals surface area (Å²) in [5.41, 5.74) is 5.54. The van der Waals surface area contributed by atoms with E-state index in [9.17, 15) is 0 Å². The van der Waals surface area contributed by atoms with Crippen LogP contribution in [0.25, 0.3) is 0 Å². The van der Waals surface area contributed by atoms with Gasteiger partial charge < -0.3 is 10.6 Å². The van der Waals surface area contributed by atoms with Crippen molar-refractivity contribution in [3.8, 4) is 0 Å². The molecule has 0 spiro atoms. The maximum Gasteiger partial charge on any atom is 0.132 e. The van der Waals surface area contributed by atoms with E-state index in [4.69, 9.17) is 18.0 Å². The zero-order valence-electron chi connectivity index (χ0n) is 9.39. The molecule has 1 saturated carbocycles. The maximum absolute atomic E-state index is 5.54. The molecule has 0 radical (unpaired) electrons. The average Bonchev–Trinajstić information content (AvgIpc) is 3.02. The molecule has 0 bridgehead atoms. The summed E-state index contributed by atoms with van der Waals surface area (Å²) in [4.78, 5) is 11.4. The number of thiocarbonyl (C=S) groups is 1. The molecule has 1 aliphatic carbocycles. The summed E-state index contributed by atoms with van der Waals surface area (Å²) in [6.45, 7) is 2.76. The molecular formula is C11H16N4S. The van der Waals surface area contributed by atoms with E-state index in [0.29, 0.717) is 11.0 Å². The van der Waals surface area contributed by atoms with Gasteiger partial charge in [0.05, 0.1) is 4.99 Å². The molecule has 5 heteroatoms. The SMILES string of the molecule is Cc1nccc(N(CCC(N)=S)C2CC2)n1. The minimum Gasteiger partial charge on any atom is -0.393 e. The molecule has 0 atom stereocenters. The number of anilines is 1. The first-order chi connectivity index (χ1) is 7.66. The third kappa shape index (κ3) is 2.88. The lowest BCUT2D eigenvalue weighted by atomic mass is 10.3. The second-order valence-electron chi connectivity index (χ2n) is 4.10. The van der Waals surface area contributed by atoms with Crippen molar-refractivity contribution >= 4 is 23.0 Å². The van der Waals surface area contributed by atoms with Crippen LogP contribution in [-0.4, -0.2) is 27.5 Å². The van der Waals surface area contributed by atoms with E-state index >= 15 is 0 Å². The van der Waals surface area contributed by atoms with Crippen molar-refractivity contribution in [3.63, 3.8) is 0 Å². The highest BCUT2D eigenvalue weighted by atomic mass is 32.1. The van der Waals surface area contributed by atoms with Crippen LogP contribution in [-0.2, 0) is 0 Å². The van der Waals surface area contributed by atoms with Crippen LogP contribution in [0, 0.1) is 6.92 Å². The van der Waals surface area contributed by atoms with Crippen LogP contribution in [0.15, 0.2) is 12.3 Å². The fourth-order valence-electron chi connectivity index (χ4n) is 1.70. The highest BCUT2D eigenvalue weighted by molar-refractivity contribution is 7.80. The van der Waals surface area contributed by atoms with Gasteiger partial charge in [-0.05, 0) is 25.8 Å². The van der Waals surface area contributed by atoms with Crippen LogP contribution < -0.4 is 10.6 Å². The van der Waals surface area contributed by atoms with Crippen LogP contribution in [0.5, 0.6) is 0 Å². The first kappa shape index (κ1) is 11.3. The van der Waals surface area contributed by atoms with Gasteiger partial charge in [-0.15, -0.1) is 0 Å². The lowest BCUT2D eigenvalue weighted by Crippen LogP contribution is -2.30. The predicted octanol–water partition coefficient (Wildman–Crippen LogP) is 1.43. The summed E-state index contributed by atoms with van der Waals surface area (Å²) < 4.78 is 0. The van der Waals surface area contributed by atoms with Crippen molar-refractivity contribution in [2.75, 3.05) is 11.4 Å². The Kier molecular flexibility index (Phi) is 3.33. The van der Waals surface area contributed by atoms with Gasteiger partial charge in [0.25, 0.3) is 0 Å². The first-order valence-corrected chi connectivity index (χ1v) is 5.92. The molecule has 1 aliphatic rings. The molecule has 2 rings (SSSR count). The van der Waals surface area contributed by atoms with Crippen molar-refractivity contribution in [1.29, 1.82) is 0 Å². The average molecular weight is 236 g/mol. The van der Waals surface area contributed by atoms with E-state index < -0.39 is 0 Å². The Balaban J connectivity index is 2.09. The van der Waals surface area contributed by atoms with E-state index in [2.05, 4.69) is 14.9 Å². The number of rotatable bonds is 5. The molecule has 1 aromatic rings. The highest BCUT2D eigenvalue weighted by Gasteiger charge is 2.29. The molecule has 1 fully saturated rings. The standard InChI is InChI=1S/C11H16N4S/c1-8-13-6-4-11(14-8)15(9-2-3-9)7-5-10(12)16/h4,6,9H,2-3,5,7H2,1H3,(H2,12,16).